The lowest BCUT2D eigenvalue weighted by atomic mass is 9.96. The summed E-state index contributed by atoms with van der Waals surface area (Å²) in [7, 11) is 8.24. The lowest BCUT2D eigenvalue weighted by Crippen LogP contribution is -2.39. The average molecular weight is 449 g/mol. The molecule has 0 saturated heterocycles. The smallest absolute Gasteiger partial charge is 0.131 e. The molecule has 1 aliphatic heterocycles. The highest BCUT2D eigenvalue weighted by Gasteiger charge is 2.35. The minimum atomic E-state index is -0.186. The van der Waals surface area contributed by atoms with E-state index >= 15 is 0 Å². The van der Waals surface area contributed by atoms with Gasteiger partial charge in [-0.1, -0.05) is 36.0 Å². The van der Waals surface area contributed by atoms with Crippen LogP contribution in [0.1, 0.15) is 24.1 Å². The lowest BCUT2D eigenvalue weighted by Gasteiger charge is -2.34. The molecule has 0 saturated carbocycles. The van der Waals surface area contributed by atoms with Crippen LogP contribution in [0.2, 0.25) is 0 Å². The van der Waals surface area contributed by atoms with Crippen molar-refractivity contribution in [2.45, 2.75) is 23.4 Å². The van der Waals surface area contributed by atoms with E-state index in [2.05, 4.69) is 104 Å². The van der Waals surface area contributed by atoms with Gasteiger partial charge in [-0.3, -0.25) is 0 Å². The van der Waals surface area contributed by atoms with E-state index < -0.39 is 0 Å². The van der Waals surface area contributed by atoms with Crippen molar-refractivity contribution in [3.63, 3.8) is 0 Å². The summed E-state index contributed by atoms with van der Waals surface area (Å²) in [5.74, 6) is 0.884. The molecule has 4 rings (SSSR count). The van der Waals surface area contributed by atoms with E-state index in [1.165, 1.54) is 22.5 Å². The molecule has 5 nitrogen and oxygen atoms in total. The van der Waals surface area contributed by atoms with Crippen LogP contribution in [0.4, 0.5) is 17.1 Å². The Morgan fingerprint density at radius 2 is 1.41 bits per heavy atom. The third-order valence-corrected chi connectivity index (χ3v) is 6.82. The Hall–Kier alpha value is -2.83. The summed E-state index contributed by atoms with van der Waals surface area (Å²) >= 11 is 1.68. The molecule has 1 unspecified atom stereocenters. The highest BCUT2D eigenvalue weighted by molar-refractivity contribution is 8.00. The Kier molecular flexibility index (Phi) is 6.53. The van der Waals surface area contributed by atoms with Crippen LogP contribution in [0.3, 0.4) is 0 Å². The number of anilines is 3. The van der Waals surface area contributed by atoms with E-state index in [1.54, 1.807) is 11.8 Å². The largest absolute Gasteiger partial charge is 0.494 e. The summed E-state index contributed by atoms with van der Waals surface area (Å²) in [4.78, 5) is 7.72. The molecular formula is C26H32N4OS. The number of hydrogen-bond donors (Lipinski definition) is 1. The molecule has 32 heavy (non-hydrogen) atoms. The molecule has 0 fully saturated rings. The van der Waals surface area contributed by atoms with E-state index in [9.17, 15) is 0 Å². The van der Waals surface area contributed by atoms with Crippen LogP contribution in [-0.2, 0) is 0 Å². The van der Waals surface area contributed by atoms with Crippen LogP contribution in [0, 0.1) is 0 Å². The van der Waals surface area contributed by atoms with Gasteiger partial charge < -0.3 is 25.2 Å². The maximum Gasteiger partial charge on any atom is 0.131 e. The van der Waals surface area contributed by atoms with Crippen LogP contribution >= 0.6 is 11.8 Å². The van der Waals surface area contributed by atoms with Gasteiger partial charge in [0.2, 0.25) is 0 Å². The first kappa shape index (κ1) is 22.4. The van der Waals surface area contributed by atoms with Crippen molar-refractivity contribution >= 4 is 28.8 Å². The van der Waals surface area contributed by atoms with Crippen molar-refractivity contribution in [1.29, 1.82) is 0 Å². The maximum atomic E-state index is 6.72. The van der Waals surface area contributed by atoms with Gasteiger partial charge in [-0.05, 0) is 60.5 Å². The molecule has 2 N–H and O–H groups in total. The van der Waals surface area contributed by atoms with E-state index in [0.717, 1.165) is 16.3 Å². The molecule has 1 heterocycles. The van der Waals surface area contributed by atoms with Crippen LogP contribution < -0.4 is 25.2 Å². The van der Waals surface area contributed by atoms with Crippen LogP contribution in [-0.4, -0.2) is 40.3 Å². The number of fused-ring (bicyclic) bond motifs is 1. The Bertz CT molecular complexity index is 999. The van der Waals surface area contributed by atoms with Gasteiger partial charge in [0.15, 0.2) is 0 Å². The summed E-state index contributed by atoms with van der Waals surface area (Å²) in [6, 6.07) is 23.8. The Balaban J connectivity index is 1.79. The molecule has 168 valence electrons. The molecule has 1 aliphatic rings. The highest BCUT2D eigenvalue weighted by Crippen LogP contribution is 2.48. The first-order valence-corrected chi connectivity index (χ1v) is 11.8. The Labute approximate surface area is 195 Å². The van der Waals surface area contributed by atoms with E-state index in [0.29, 0.717) is 6.61 Å². The number of ether oxygens (including phenoxy) is 1. The molecular weight excluding hydrogens is 416 g/mol. The predicted octanol–water partition coefficient (Wildman–Crippen LogP) is 5.16. The number of hydrogen-bond acceptors (Lipinski definition) is 6. The standard InChI is InChI=1S/C26H32N4OS/c1-6-31-22-15-16-23-24(17-22)32-26(27)30(23)25(18-7-11-20(12-8-18)28(2)3)19-9-13-21(14-10-19)29(4)5/h7-17,25-26H,6,27H2,1-5H3. The van der Waals surface area contributed by atoms with Crippen molar-refractivity contribution < 1.29 is 4.74 Å². The third-order valence-electron chi connectivity index (χ3n) is 5.77. The van der Waals surface area contributed by atoms with Gasteiger partial charge in [0.25, 0.3) is 0 Å². The van der Waals surface area contributed by atoms with Gasteiger partial charge in [0.05, 0.1) is 18.3 Å². The zero-order valence-corrected chi connectivity index (χ0v) is 20.3. The second-order valence-corrected chi connectivity index (χ2v) is 9.51. The fourth-order valence-electron chi connectivity index (χ4n) is 4.09. The van der Waals surface area contributed by atoms with E-state index in [1.807, 2.05) is 13.0 Å². The lowest BCUT2D eigenvalue weighted by molar-refractivity contribution is 0.339. The summed E-state index contributed by atoms with van der Waals surface area (Å²) in [5.41, 5.74) is 12.5. The van der Waals surface area contributed by atoms with Gasteiger partial charge >= 0.3 is 0 Å². The van der Waals surface area contributed by atoms with Gasteiger partial charge in [0.1, 0.15) is 11.2 Å². The first-order chi connectivity index (χ1) is 15.4. The van der Waals surface area contributed by atoms with E-state index in [4.69, 9.17) is 10.5 Å². The number of nitrogens with zero attached hydrogens (tertiary/aromatic N) is 3. The number of nitrogens with two attached hydrogens (primary N) is 1. The topological polar surface area (TPSA) is 45.0 Å². The quantitative estimate of drug-likeness (QED) is 0.539. The number of thioether (sulfide) groups is 1. The average Bonchev–Trinajstić information content (AvgIpc) is 3.10. The summed E-state index contributed by atoms with van der Waals surface area (Å²) in [6.45, 7) is 2.65. The van der Waals surface area contributed by atoms with Crippen LogP contribution in [0.25, 0.3) is 0 Å². The van der Waals surface area contributed by atoms with Crippen molar-refractivity contribution in [1.82, 2.24) is 0 Å². The van der Waals surface area contributed by atoms with Crippen molar-refractivity contribution in [2.24, 2.45) is 5.73 Å². The molecule has 0 aromatic heterocycles. The molecule has 3 aromatic rings. The van der Waals surface area contributed by atoms with Gasteiger partial charge in [-0.2, -0.15) is 0 Å². The fraction of sp³-hybridized carbons (Fsp3) is 0.308. The minimum absolute atomic E-state index is 0.00381. The highest BCUT2D eigenvalue weighted by atomic mass is 32.2. The number of rotatable bonds is 7. The van der Waals surface area contributed by atoms with Crippen LogP contribution in [0.5, 0.6) is 5.75 Å². The molecule has 6 heteroatoms. The zero-order valence-electron chi connectivity index (χ0n) is 19.4. The molecule has 1 atom stereocenters. The predicted molar refractivity (Wildman–Crippen MR) is 137 cm³/mol. The summed E-state index contributed by atoms with van der Waals surface area (Å²) < 4.78 is 5.72. The van der Waals surface area contributed by atoms with Crippen molar-refractivity contribution in [3.05, 3.63) is 77.9 Å². The molecule has 0 bridgehead atoms. The van der Waals surface area contributed by atoms with Gasteiger partial charge in [0, 0.05) is 44.5 Å². The maximum absolute atomic E-state index is 6.72. The van der Waals surface area contributed by atoms with Crippen LogP contribution in [0.15, 0.2) is 71.6 Å². The van der Waals surface area contributed by atoms with E-state index in [-0.39, 0.29) is 11.5 Å². The molecule has 3 aromatic carbocycles. The molecule has 0 aliphatic carbocycles. The van der Waals surface area contributed by atoms with Gasteiger partial charge in [-0.25, -0.2) is 0 Å². The molecule has 0 amide bonds. The molecule has 0 radical (unpaired) electrons. The third kappa shape index (κ3) is 4.38. The first-order valence-electron chi connectivity index (χ1n) is 10.9. The Morgan fingerprint density at radius 3 is 1.88 bits per heavy atom. The normalized spacial score (nSPS) is 15.1. The monoisotopic (exact) mass is 448 g/mol. The Morgan fingerprint density at radius 1 is 0.875 bits per heavy atom. The SMILES string of the molecule is CCOc1ccc2c(c1)SC(N)N2C(c1ccc(N(C)C)cc1)c1ccc(N(C)C)cc1. The van der Waals surface area contributed by atoms with Gasteiger partial charge in [-0.15, -0.1) is 0 Å². The summed E-state index contributed by atoms with van der Waals surface area (Å²) in [5, 5.41) is 0. The zero-order chi connectivity index (χ0) is 22.8. The van der Waals surface area contributed by atoms with Crippen molar-refractivity contribution in [3.8, 4) is 5.75 Å². The minimum Gasteiger partial charge on any atom is -0.494 e. The van der Waals surface area contributed by atoms with Crippen molar-refractivity contribution in [2.75, 3.05) is 49.5 Å². The molecule has 0 spiro atoms. The fourth-order valence-corrected chi connectivity index (χ4v) is 5.18. The summed E-state index contributed by atoms with van der Waals surface area (Å²) in [6.07, 6.45) is 0. The number of benzene rings is 3. The second-order valence-electron chi connectivity index (χ2n) is 8.35. The second kappa shape index (κ2) is 9.35.